The molecule has 4 aromatic rings. The van der Waals surface area contributed by atoms with Gasteiger partial charge < -0.3 is 19.2 Å². The van der Waals surface area contributed by atoms with E-state index in [4.69, 9.17) is 13.9 Å². The molecule has 0 radical (unpaired) electrons. The minimum atomic E-state index is -0.441. The number of furan rings is 1. The Morgan fingerprint density at radius 3 is 2.72 bits per heavy atom. The van der Waals surface area contributed by atoms with Crippen molar-refractivity contribution in [2.75, 3.05) is 19.0 Å². The van der Waals surface area contributed by atoms with Crippen LogP contribution in [0.25, 0.3) is 21.9 Å². The first-order chi connectivity index (χ1) is 14.1. The first-order valence-electron chi connectivity index (χ1n) is 9.11. The Hall–Kier alpha value is -3.32. The molecule has 2 aromatic carbocycles. The van der Waals surface area contributed by atoms with E-state index in [1.54, 1.807) is 17.4 Å². The summed E-state index contributed by atoms with van der Waals surface area (Å²) in [7, 11) is 1.53. The smallest absolute Gasteiger partial charge is 0.306 e. The number of methoxy groups -OCH3 is 1. The van der Waals surface area contributed by atoms with E-state index >= 15 is 0 Å². The molecule has 2 aromatic heterocycles. The molecule has 0 aliphatic heterocycles. The van der Waals surface area contributed by atoms with Crippen LogP contribution in [0.2, 0.25) is 0 Å². The average Bonchev–Trinajstić information content (AvgIpc) is 3.37. The zero-order chi connectivity index (χ0) is 20.2. The Kier molecular flexibility index (Phi) is 5.48. The van der Waals surface area contributed by atoms with Gasteiger partial charge in [-0.1, -0.05) is 24.3 Å². The number of ether oxygens (including phenoxy) is 2. The molecule has 0 saturated carbocycles. The second-order valence-electron chi connectivity index (χ2n) is 6.44. The van der Waals surface area contributed by atoms with E-state index in [0.717, 1.165) is 21.2 Å². The number of para-hydroxylation sites is 1. The summed E-state index contributed by atoms with van der Waals surface area (Å²) in [5.41, 5.74) is 1.85. The second kappa shape index (κ2) is 8.36. The third-order valence-electron chi connectivity index (χ3n) is 4.49. The van der Waals surface area contributed by atoms with Crippen LogP contribution in [0.1, 0.15) is 11.3 Å². The quantitative estimate of drug-likeness (QED) is 0.445. The molecule has 7 heteroatoms. The Bertz CT molecular complexity index is 1160. The molecule has 29 heavy (non-hydrogen) atoms. The third-order valence-corrected chi connectivity index (χ3v) is 5.43. The van der Waals surface area contributed by atoms with E-state index in [1.165, 1.54) is 7.11 Å². The molecule has 0 unspecified atom stereocenters. The summed E-state index contributed by atoms with van der Waals surface area (Å²) in [6, 6.07) is 15.1. The summed E-state index contributed by atoms with van der Waals surface area (Å²) >= 11 is 1.59. The number of nitrogens with one attached hydrogen (secondary N) is 1. The molecule has 0 aliphatic carbocycles. The zero-order valence-corrected chi connectivity index (χ0v) is 16.6. The fraction of sp³-hybridized carbons (Fsp3) is 0.182. The molecular formula is C22H19NO5S. The van der Waals surface area contributed by atoms with Crippen molar-refractivity contribution in [3.05, 3.63) is 58.8 Å². The van der Waals surface area contributed by atoms with Crippen LogP contribution >= 0.6 is 11.3 Å². The molecule has 0 fully saturated rings. The van der Waals surface area contributed by atoms with Gasteiger partial charge >= 0.3 is 5.97 Å². The number of hydrogen-bond donors (Lipinski definition) is 1. The van der Waals surface area contributed by atoms with Gasteiger partial charge in [0.1, 0.15) is 16.9 Å². The van der Waals surface area contributed by atoms with E-state index < -0.39 is 11.9 Å². The molecule has 1 N–H and O–H groups in total. The van der Waals surface area contributed by atoms with E-state index in [0.29, 0.717) is 23.4 Å². The second-order valence-corrected chi connectivity index (χ2v) is 7.47. The zero-order valence-electron chi connectivity index (χ0n) is 15.8. The summed E-state index contributed by atoms with van der Waals surface area (Å²) in [4.78, 5) is 25.2. The minimum Gasteiger partial charge on any atom is -0.495 e. The normalized spacial score (nSPS) is 10.9. The Labute approximate surface area is 171 Å². The third kappa shape index (κ3) is 4.25. The van der Waals surface area contributed by atoms with Crippen molar-refractivity contribution in [2.45, 2.75) is 12.8 Å². The van der Waals surface area contributed by atoms with Crippen LogP contribution < -0.4 is 10.1 Å². The lowest BCUT2D eigenvalue weighted by molar-refractivity contribution is -0.147. The number of rotatable bonds is 7. The maximum absolute atomic E-state index is 12.3. The van der Waals surface area contributed by atoms with E-state index in [9.17, 15) is 9.59 Å². The van der Waals surface area contributed by atoms with Crippen molar-refractivity contribution in [1.29, 1.82) is 0 Å². The molecule has 6 nitrogen and oxygen atoms in total. The number of fused-ring (bicyclic) bond motifs is 3. The van der Waals surface area contributed by atoms with Crippen molar-refractivity contribution >= 4 is 50.8 Å². The van der Waals surface area contributed by atoms with Crippen LogP contribution in [0.4, 0.5) is 5.69 Å². The largest absolute Gasteiger partial charge is 0.495 e. The number of anilines is 1. The van der Waals surface area contributed by atoms with Crippen molar-refractivity contribution < 1.29 is 23.5 Å². The Morgan fingerprint density at radius 2 is 1.93 bits per heavy atom. The van der Waals surface area contributed by atoms with Crippen LogP contribution in [0.15, 0.2) is 58.3 Å². The Morgan fingerprint density at radius 1 is 1.07 bits per heavy atom. The van der Waals surface area contributed by atoms with Crippen LogP contribution in [0, 0.1) is 0 Å². The number of benzene rings is 2. The molecule has 0 saturated heterocycles. The van der Waals surface area contributed by atoms with E-state index in [2.05, 4.69) is 5.32 Å². The summed E-state index contributed by atoms with van der Waals surface area (Å²) in [6.45, 7) is -0.357. The van der Waals surface area contributed by atoms with Crippen LogP contribution in [-0.2, 0) is 20.7 Å². The summed E-state index contributed by atoms with van der Waals surface area (Å²) in [5, 5.41) is 6.55. The molecule has 0 spiro atoms. The number of carbonyl (C=O) groups excluding carboxylic acids is 2. The lowest BCUT2D eigenvalue weighted by Crippen LogP contribution is -2.21. The highest BCUT2D eigenvalue weighted by atomic mass is 32.1. The predicted octanol–water partition coefficient (Wildman–Crippen LogP) is 4.77. The SMILES string of the molecule is COc1cc2c(cc1NC(=O)COC(=O)CCc1cccs1)oc1ccccc12. The molecule has 2 heterocycles. The topological polar surface area (TPSA) is 77.8 Å². The predicted molar refractivity (Wildman–Crippen MR) is 113 cm³/mol. The highest BCUT2D eigenvalue weighted by molar-refractivity contribution is 7.09. The fourth-order valence-electron chi connectivity index (χ4n) is 3.10. The van der Waals surface area contributed by atoms with E-state index in [-0.39, 0.29) is 13.0 Å². The summed E-state index contributed by atoms with van der Waals surface area (Å²) in [5.74, 6) is -0.349. The molecule has 0 atom stereocenters. The minimum absolute atomic E-state index is 0.238. The highest BCUT2D eigenvalue weighted by Crippen LogP contribution is 2.36. The molecule has 148 valence electrons. The first-order valence-corrected chi connectivity index (χ1v) is 9.99. The number of thiophene rings is 1. The van der Waals surface area contributed by atoms with Crippen molar-refractivity contribution in [3.8, 4) is 5.75 Å². The first kappa shape index (κ1) is 19.0. The van der Waals surface area contributed by atoms with Gasteiger partial charge in [-0.05, 0) is 30.0 Å². The number of esters is 1. The van der Waals surface area contributed by atoms with Gasteiger partial charge in [-0.3, -0.25) is 9.59 Å². The number of amides is 1. The van der Waals surface area contributed by atoms with Crippen molar-refractivity contribution in [1.82, 2.24) is 0 Å². The maximum Gasteiger partial charge on any atom is 0.306 e. The standard InChI is InChI=1S/C22H19NO5S/c1-26-20-11-16-15-6-2-3-7-18(15)28-19(16)12-17(20)23-21(24)13-27-22(25)9-8-14-5-4-10-29-14/h2-7,10-12H,8-9,13H2,1H3,(H,23,24). The van der Waals surface area contributed by atoms with Crippen molar-refractivity contribution in [3.63, 3.8) is 0 Å². The molecule has 0 aliphatic rings. The molecular weight excluding hydrogens is 390 g/mol. The fourth-order valence-corrected chi connectivity index (χ4v) is 3.81. The highest BCUT2D eigenvalue weighted by Gasteiger charge is 2.15. The van der Waals surface area contributed by atoms with Gasteiger partial charge in [-0.25, -0.2) is 0 Å². The van der Waals surface area contributed by atoms with E-state index in [1.807, 2.05) is 47.8 Å². The van der Waals surface area contributed by atoms with Gasteiger partial charge in [0.05, 0.1) is 19.2 Å². The monoisotopic (exact) mass is 409 g/mol. The molecule has 4 rings (SSSR count). The molecule has 1 amide bonds. The number of hydrogen-bond acceptors (Lipinski definition) is 6. The van der Waals surface area contributed by atoms with Gasteiger partial charge in [0, 0.05) is 21.7 Å². The van der Waals surface area contributed by atoms with Crippen LogP contribution in [-0.4, -0.2) is 25.6 Å². The summed E-state index contributed by atoms with van der Waals surface area (Å²) in [6.07, 6.45) is 0.844. The van der Waals surface area contributed by atoms with Gasteiger partial charge in [-0.15, -0.1) is 11.3 Å². The average molecular weight is 409 g/mol. The lowest BCUT2D eigenvalue weighted by atomic mass is 10.1. The van der Waals surface area contributed by atoms with Gasteiger partial charge in [0.15, 0.2) is 6.61 Å². The van der Waals surface area contributed by atoms with Gasteiger partial charge in [0.25, 0.3) is 5.91 Å². The van der Waals surface area contributed by atoms with Crippen LogP contribution in [0.5, 0.6) is 5.75 Å². The maximum atomic E-state index is 12.3. The Balaban J connectivity index is 1.41. The summed E-state index contributed by atoms with van der Waals surface area (Å²) < 4.78 is 16.3. The van der Waals surface area contributed by atoms with Gasteiger partial charge in [-0.2, -0.15) is 0 Å². The molecule has 0 bridgehead atoms. The van der Waals surface area contributed by atoms with Crippen molar-refractivity contribution in [2.24, 2.45) is 0 Å². The number of carbonyl (C=O) groups is 2. The van der Waals surface area contributed by atoms with Gasteiger partial charge in [0.2, 0.25) is 0 Å². The lowest BCUT2D eigenvalue weighted by Gasteiger charge is -2.10. The number of aryl methyl sites for hydroxylation is 1. The van der Waals surface area contributed by atoms with Crippen LogP contribution in [0.3, 0.4) is 0 Å².